The second-order valence-electron chi connectivity index (χ2n) is 6.12. The first-order valence-corrected chi connectivity index (χ1v) is 7.82. The van der Waals surface area contributed by atoms with Gasteiger partial charge in [-0.05, 0) is 24.6 Å². The van der Waals surface area contributed by atoms with E-state index in [-0.39, 0.29) is 6.10 Å². The predicted octanol–water partition coefficient (Wildman–Crippen LogP) is 1.07. The van der Waals surface area contributed by atoms with Gasteiger partial charge in [0.1, 0.15) is 0 Å². The molecule has 118 valence electrons. The minimum absolute atomic E-state index is 0.234. The van der Waals surface area contributed by atoms with Crippen LogP contribution in [0.3, 0.4) is 0 Å². The average molecular weight is 300 g/mol. The van der Waals surface area contributed by atoms with Gasteiger partial charge in [-0.2, -0.15) is 5.10 Å². The number of aliphatic hydroxyl groups excluding tert-OH is 1. The number of rotatable bonds is 5. The number of aryl methyl sites for hydroxylation is 2. The van der Waals surface area contributed by atoms with Crippen LogP contribution in [0.4, 0.5) is 0 Å². The van der Waals surface area contributed by atoms with Gasteiger partial charge < -0.3 is 15.7 Å². The van der Waals surface area contributed by atoms with E-state index in [0.29, 0.717) is 12.5 Å². The zero-order valence-corrected chi connectivity index (χ0v) is 13.2. The summed E-state index contributed by atoms with van der Waals surface area (Å²) < 4.78 is 1.91. The summed E-state index contributed by atoms with van der Waals surface area (Å²) in [5.74, 6) is 0.297. The Kier molecular flexibility index (Phi) is 4.57. The third kappa shape index (κ3) is 3.21. The SMILES string of the molecule is Cc1ccc(CNCC2CNCC2O)c(-c2ccnn2C)c1. The van der Waals surface area contributed by atoms with Crippen LogP contribution in [0, 0.1) is 12.8 Å². The highest BCUT2D eigenvalue weighted by atomic mass is 16.3. The van der Waals surface area contributed by atoms with Crippen molar-refractivity contribution in [1.29, 1.82) is 0 Å². The standard InChI is InChI=1S/C17H24N4O/c1-12-3-4-13(8-18-9-14-10-19-11-17(14)22)15(7-12)16-5-6-20-21(16)2/h3-7,14,17-19,22H,8-11H2,1-2H3. The van der Waals surface area contributed by atoms with E-state index in [2.05, 4.69) is 40.9 Å². The summed E-state index contributed by atoms with van der Waals surface area (Å²) in [6.45, 7) is 5.32. The number of hydrogen-bond acceptors (Lipinski definition) is 4. The van der Waals surface area contributed by atoms with E-state index in [0.717, 1.165) is 25.3 Å². The molecule has 0 saturated carbocycles. The predicted molar refractivity (Wildman–Crippen MR) is 87.5 cm³/mol. The Morgan fingerprint density at radius 3 is 2.91 bits per heavy atom. The summed E-state index contributed by atoms with van der Waals surface area (Å²) in [6.07, 6.45) is 1.59. The number of hydrogen-bond donors (Lipinski definition) is 3. The summed E-state index contributed by atoms with van der Waals surface area (Å²) in [7, 11) is 1.97. The number of nitrogens with zero attached hydrogens (tertiary/aromatic N) is 2. The summed E-state index contributed by atoms with van der Waals surface area (Å²) in [5, 5.41) is 20.8. The normalized spacial score (nSPS) is 21.4. The molecule has 0 bridgehead atoms. The Hall–Kier alpha value is -1.69. The fraction of sp³-hybridized carbons (Fsp3) is 0.471. The lowest BCUT2D eigenvalue weighted by Crippen LogP contribution is -2.30. The molecular formula is C17H24N4O. The van der Waals surface area contributed by atoms with Gasteiger partial charge in [-0.3, -0.25) is 4.68 Å². The van der Waals surface area contributed by atoms with Crippen molar-refractivity contribution >= 4 is 0 Å². The van der Waals surface area contributed by atoms with Crippen LogP contribution in [0.15, 0.2) is 30.5 Å². The smallest absolute Gasteiger partial charge is 0.0716 e. The fourth-order valence-corrected chi connectivity index (χ4v) is 3.04. The summed E-state index contributed by atoms with van der Waals surface area (Å²) in [4.78, 5) is 0. The van der Waals surface area contributed by atoms with Crippen LogP contribution in [-0.2, 0) is 13.6 Å². The first-order valence-electron chi connectivity index (χ1n) is 7.82. The zero-order chi connectivity index (χ0) is 15.5. The molecule has 1 aliphatic rings. The summed E-state index contributed by atoms with van der Waals surface area (Å²) in [6, 6.07) is 8.57. The zero-order valence-electron chi connectivity index (χ0n) is 13.2. The molecule has 2 atom stereocenters. The van der Waals surface area contributed by atoms with Crippen LogP contribution >= 0.6 is 0 Å². The van der Waals surface area contributed by atoms with Gasteiger partial charge in [-0.15, -0.1) is 0 Å². The number of benzene rings is 1. The third-order valence-electron chi connectivity index (χ3n) is 4.39. The lowest BCUT2D eigenvalue weighted by Gasteiger charge is -2.16. The highest BCUT2D eigenvalue weighted by Crippen LogP contribution is 2.24. The molecule has 0 aliphatic carbocycles. The van der Waals surface area contributed by atoms with Crippen molar-refractivity contribution in [3.63, 3.8) is 0 Å². The van der Waals surface area contributed by atoms with Crippen LogP contribution in [0.2, 0.25) is 0 Å². The van der Waals surface area contributed by atoms with Crippen LogP contribution < -0.4 is 10.6 Å². The highest BCUT2D eigenvalue weighted by molar-refractivity contribution is 5.64. The molecule has 0 radical (unpaired) electrons. The first-order chi connectivity index (χ1) is 10.6. The number of β-amino-alcohol motifs (C(OH)–C–C–N with tert-alkyl or cyclic N) is 1. The van der Waals surface area contributed by atoms with Crippen molar-refractivity contribution in [2.45, 2.75) is 19.6 Å². The topological polar surface area (TPSA) is 62.1 Å². The molecule has 0 amide bonds. The maximum absolute atomic E-state index is 9.85. The van der Waals surface area contributed by atoms with Gasteiger partial charge >= 0.3 is 0 Å². The third-order valence-corrected chi connectivity index (χ3v) is 4.39. The molecule has 1 fully saturated rings. The Morgan fingerprint density at radius 2 is 2.23 bits per heavy atom. The summed E-state index contributed by atoms with van der Waals surface area (Å²) >= 11 is 0. The molecule has 2 unspecified atom stereocenters. The maximum atomic E-state index is 9.85. The lowest BCUT2D eigenvalue weighted by atomic mass is 10.0. The minimum atomic E-state index is -0.234. The van der Waals surface area contributed by atoms with Crippen molar-refractivity contribution in [3.8, 4) is 11.3 Å². The Bertz CT molecular complexity index is 637. The number of aromatic nitrogens is 2. The van der Waals surface area contributed by atoms with E-state index < -0.39 is 0 Å². The van der Waals surface area contributed by atoms with E-state index in [1.807, 2.05) is 24.0 Å². The van der Waals surface area contributed by atoms with Gasteiger partial charge in [-0.25, -0.2) is 0 Å². The second-order valence-corrected chi connectivity index (χ2v) is 6.12. The van der Waals surface area contributed by atoms with Gasteiger partial charge in [0.05, 0.1) is 11.8 Å². The second kappa shape index (κ2) is 6.60. The van der Waals surface area contributed by atoms with E-state index in [1.54, 1.807) is 0 Å². The van der Waals surface area contributed by atoms with Gasteiger partial charge in [-0.1, -0.05) is 17.7 Å². The first kappa shape index (κ1) is 15.2. The quantitative estimate of drug-likeness (QED) is 0.773. The van der Waals surface area contributed by atoms with E-state index >= 15 is 0 Å². The van der Waals surface area contributed by atoms with Crippen molar-refractivity contribution in [2.75, 3.05) is 19.6 Å². The molecule has 22 heavy (non-hydrogen) atoms. The molecule has 5 heteroatoms. The number of aliphatic hydroxyl groups is 1. The largest absolute Gasteiger partial charge is 0.391 e. The van der Waals surface area contributed by atoms with E-state index in [9.17, 15) is 5.11 Å². The Labute approximate surface area is 131 Å². The summed E-state index contributed by atoms with van der Waals surface area (Å²) in [5.41, 5.74) is 4.85. The van der Waals surface area contributed by atoms with Crippen LogP contribution in [0.5, 0.6) is 0 Å². The van der Waals surface area contributed by atoms with Crippen LogP contribution in [0.25, 0.3) is 11.3 Å². The van der Waals surface area contributed by atoms with Crippen molar-refractivity contribution in [2.24, 2.45) is 13.0 Å². The van der Waals surface area contributed by atoms with Crippen molar-refractivity contribution in [1.82, 2.24) is 20.4 Å². The van der Waals surface area contributed by atoms with E-state index in [4.69, 9.17) is 0 Å². The van der Waals surface area contributed by atoms with Crippen molar-refractivity contribution in [3.05, 3.63) is 41.6 Å². The molecule has 2 aromatic rings. The molecule has 1 aromatic heterocycles. The molecule has 1 saturated heterocycles. The number of nitrogens with one attached hydrogen (secondary N) is 2. The average Bonchev–Trinajstić information content (AvgIpc) is 3.09. The van der Waals surface area contributed by atoms with Crippen LogP contribution in [-0.4, -0.2) is 40.6 Å². The fourth-order valence-electron chi connectivity index (χ4n) is 3.04. The molecular weight excluding hydrogens is 276 g/mol. The molecule has 0 spiro atoms. The van der Waals surface area contributed by atoms with Gasteiger partial charge in [0.25, 0.3) is 0 Å². The molecule has 2 heterocycles. The molecule has 5 nitrogen and oxygen atoms in total. The molecule has 1 aromatic carbocycles. The van der Waals surface area contributed by atoms with Crippen LogP contribution in [0.1, 0.15) is 11.1 Å². The molecule has 3 N–H and O–H groups in total. The van der Waals surface area contributed by atoms with E-state index in [1.165, 1.54) is 16.7 Å². The molecule has 3 rings (SSSR count). The highest BCUT2D eigenvalue weighted by Gasteiger charge is 2.24. The Balaban J connectivity index is 1.72. The maximum Gasteiger partial charge on any atom is 0.0716 e. The van der Waals surface area contributed by atoms with Gasteiger partial charge in [0.2, 0.25) is 0 Å². The monoisotopic (exact) mass is 300 g/mol. The van der Waals surface area contributed by atoms with Gasteiger partial charge in [0, 0.05) is 50.9 Å². The van der Waals surface area contributed by atoms with Crippen molar-refractivity contribution < 1.29 is 5.11 Å². The lowest BCUT2D eigenvalue weighted by molar-refractivity contribution is 0.146. The Morgan fingerprint density at radius 1 is 1.36 bits per heavy atom. The van der Waals surface area contributed by atoms with Gasteiger partial charge in [0.15, 0.2) is 0 Å². The minimum Gasteiger partial charge on any atom is -0.391 e. The molecule has 1 aliphatic heterocycles.